The Morgan fingerprint density at radius 1 is 1.03 bits per heavy atom. The summed E-state index contributed by atoms with van der Waals surface area (Å²) in [5.74, 6) is 2.62. The zero-order valence-corrected chi connectivity index (χ0v) is 19.8. The lowest BCUT2D eigenvalue weighted by Gasteiger charge is -2.35. The largest absolute Gasteiger partial charge is 0.496 e. The molecule has 3 aromatic rings. The molecule has 7 nitrogen and oxygen atoms in total. The summed E-state index contributed by atoms with van der Waals surface area (Å²) in [4.78, 5) is 27.5. The first-order valence-electron chi connectivity index (χ1n) is 11.8. The number of amides is 1. The van der Waals surface area contributed by atoms with Gasteiger partial charge in [-0.2, -0.15) is 0 Å². The molecule has 1 fully saturated rings. The van der Waals surface area contributed by atoms with Crippen molar-refractivity contribution in [3.8, 4) is 5.75 Å². The fourth-order valence-corrected chi connectivity index (χ4v) is 4.74. The standard InChI is InChI=1S/C27H30N4O3/c1-19-7-3-5-9-21(19)27(32)31-12-11-23-22(18-31)26(30-13-15-34-16-14-30)29-25(28-23)17-20-8-4-6-10-24(20)33-2/h3-10H,11-18H2,1-2H3. The number of benzene rings is 2. The van der Waals surface area contributed by atoms with Crippen LogP contribution in [0.1, 0.15) is 38.6 Å². The van der Waals surface area contributed by atoms with Gasteiger partial charge in [0, 0.05) is 49.2 Å². The van der Waals surface area contributed by atoms with Crippen LogP contribution >= 0.6 is 0 Å². The van der Waals surface area contributed by atoms with Gasteiger partial charge in [0.25, 0.3) is 5.91 Å². The quantitative estimate of drug-likeness (QED) is 0.584. The fraction of sp³-hybridized carbons (Fsp3) is 0.370. The highest BCUT2D eigenvalue weighted by atomic mass is 16.5. The molecule has 2 aliphatic heterocycles. The predicted octanol–water partition coefficient (Wildman–Crippen LogP) is 3.42. The van der Waals surface area contributed by atoms with Crippen LogP contribution in [0.15, 0.2) is 48.5 Å². The van der Waals surface area contributed by atoms with Crippen LogP contribution in [-0.4, -0.2) is 60.7 Å². The van der Waals surface area contributed by atoms with Gasteiger partial charge in [0.15, 0.2) is 0 Å². The molecule has 0 aliphatic carbocycles. The van der Waals surface area contributed by atoms with E-state index in [-0.39, 0.29) is 5.91 Å². The molecule has 0 radical (unpaired) electrons. The first kappa shape index (κ1) is 22.3. The number of para-hydroxylation sites is 1. The predicted molar refractivity (Wildman–Crippen MR) is 130 cm³/mol. The van der Waals surface area contributed by atoms with Crippen molar-refractivity contribution in [2.75, 3.05) is 44.9 Å². The molecule has 0 bridgehead atoms. The number of anilines is 1. The summed E-state index contributed by atoms with van der Waals surface area (Å²) in [5, 5.41) is 0. The maximum Gasteiger partial charge on any atom is 0.254 e. The Morgan fingerprint density at radius 3 is 2.59 bits per heavy atom. The molecule has 3 heterocycles. The summed E-state index contributed by atoms with van der Waals surface area (Å²) < 4.78 is 11.1. The van der Waals surface area contributed by atoms with Crippen molar-refractivity contribution < 1.29 is 14.3 Å². The number of carbonyl (C=O) groups is 1. The van der Waals surface area contributed by atoms with Crippen molar-refractivity contribution >= 4 is 11.7 Å². The molecular weight excluding hydrogens is 428 g/mol. The number of ether oxygens (including phenoxy) is 2. The van der Waals surface area contributed by atoms with Gasteiger partial charge in [-0.05, 0) is 24.6 Å². The van der Waals surface area contributed by atoms with Crippen LogP contribution in [0, 0.1) is 6.92 Å². The Hall–Kier alpha value is -3.45. The number of fused-ring (bicyclic) bond motifs is 1. The first-order valence-corrected chi connectivity index (χ1v) is 11.8. The van der Waals surface area contributed by atoms with E-state index in [4.69, 9.17) is 19.4 Å². The molecular formula is C27H30N4O3. The van der Waals surface area contributed by atoms with Gasteiger partial charge < -0.3 is 19.3 Å². The number of aryl methyl sites for hydroxylation is 1. The monoisotopic (exact) mass is 458 g/mol. The van der Waals surface area contributed by atoms with Crippen molar-refractivity contribution in [2.24, 2.45) is 0 Å². The lowest BCUT2D eigenvalue weighted by Crippen LogP contribution is -2.41. The number of carbonyl (C=O) groups excluding carboxylic acids is 1. The minimum Gasteiger partial charge on any atom is -0.496 e. The van der Waals surface area contributed by atoms with Crippen molar-refractivity contribution in [3.05, 3.63) is 82.3 Å². The van der Waals surface area contributed by atoms with E-state index in [0.717, 1.165) is 58.4 Å². The van der Waals surface area contributed by atoms with Crippen LogP contribution in [0.3, 0.4) is 0 Å². The van der Waals surface area contributed by atoms with Crippen molar-refractivity contribution in [2.45, 2.75) is 26.3 Å². The molecule has 176 valence electrons. The number of rotatable bonds is 5. The van der Waals surface area contributed by atoms with Crippen LogP contribution in [0.5, 0.6) is 5.75 Å². The maximum atomic E-state index is 13.3. The second-order valence-electron chi connectivity index (χ2n) is 8.77. The number of nitrogens with zero attached hydrogens (tertiary/aromatic N) is 4. The van der Waals surface area contributed by atoms with Gasteiger partial charge in [0.2, 0.25) is 0 Å². The van der Waals surface area contributed by atoms with E-state index in [1.165, 1.54) is 0 Å². The van der Waals surface area contributed by atoms with Gasteiger partial charge in [-0.25, -0.2) is 9.97 Å². The number of morpholine rings is 1. The average molecular weight is 459 g/mol. The molecule has 0 N–H and O–H groups in total. The summed E-state index contributed by atoms with van der Waals surface area (Å²) in [6, 6.07) is 15.8. The van der Waals surface area contributed by atoms with Crippen molar-refractivity contribution in [1.29, 1.82) is 0 Å². The normalized spacial score (nSPS) is 15.7. The zero-order valence-electron chi connectivity index (χ0n) is 19.8. The van der Waals surface area contributed by atoms with E-state index in [1.54, 1.807) is 7.11 Å². The van der Waals surface area contributed by atoms with Gasteiger partial charge in [-0.15, -0.1) is 0 Å². The molecule has 0 unspecified atom stereocenters. The summed E-state index contributed by atoms with van der Waals surface area (Å²) in [6.45, 7) is 6.06. The SMILES string of the molecule is COc1ccccc1Cc1nc2c(c(N3CCOCC3)n1)CN(C(=O)c1ccccc1C)CC2. The van der Waals surface area contributed by atoms with E-state index in [1.807, 2.05) is 54.3 Å². The second kappa shape index (κ2) is 9.81. The lowest BCUT2D eigenvalue weighted by molar-refractivity contribution is 0.0732. The van der Waals surface area contributed by atoms with E-state index in [9.17, 15) is 4.79 Å². The third-order valence-corrected chi connectivity index (χ3v) is 6.60. The molecule has 1 amide bonds. The molecule has 2 aliphatic rings. The topological polar surface area (TPSA) is 67.8 Å². The summed E-state index contributed by atoms with van der Waals surface area (Å²) >= 11 is 0. The van der Waals surface area contributed by atoms with Gasteiger partial charge in [0.1, 0.15) is 17.4 Å². The molecule has 5 rings (SSSR count). The maximum absolute atomic E-state index is 13.3. The Bertz CT molecular complexity index is 1190. The third-order valence-electron chi connectivity index (χ3n) is 6.60. The van der Waals surface area contributed by atoms with Crippen molar-refractivity contribution in [1.82, 2.24) is 14.9 Å². The Kier molecular flexibility index (Phi) is 6.45. The minimum atomic E-state index is 0.0646. The van der Waals surface area contributed by atoms with Crippen LogP contribution in [0.25, 0.3) is 0 Å². The zero-order chi connectivity index (χ0) is 23.5. The van der Waals surface area contributed by atoms with Gasteiger partial charge >= 0.3 is 0 Å². The number of aromatic nitrogens is 2. The van der Waals surface area contributed by atoms with Gasteiger partial charge in [-0.3, -0.25) is 4.79 Å². The van der Waals surface area contributed by atoms with E-state index in [0.29, 0.717) is 39.1 Å². The summed E-state index contributed by atoms with van der Waals surface area (Å²) in [5.41, 5.74) is 4.90. The van der Waals surface area contributed by atoms with E-state index >= 15 is 0 Å². The van der Waals surface area contributed by atoms with E-state index in [2.05, 4.69) is 11.0 Å². The van der Waals surface area contributed by atoms with Crippen LogP contribution < -0.4 is 9.64 Å². The first-order chi connectivity index (χ1) is 16.6. The molecule has 0 saturated carbocycles. The molecule has 0 spiro atoms. The van der Waals surface area contributed by atoms with E-state index < -0.39 is 0 Å². The van der Waals surface area contributed by atoms with Crippen LogP contribution in [-0.2, 0) is 24.1 Å². The number of hydrogen-bond donors (Lipinski definition) is 0. The van der Waals surface area contributed by atoms with Crippen molar-refractivity contribution in [3.63, 3.8) is 0 Å². The highest BCUT2D eigenvalue weighted by molar-refractivity contribution is 5.95. The van der Waals surface area contributed by atoms with Crippen LogP contribution in [0.2, 0.25) is 0 Å². The minimum absolute atomic E-state index is 0.0646. The molecule has 7 heteroatoms. The number of hydrogen-bond acceptors (Lipinski definition) is 6. The Balaban J connectivity index is 1.49. The lowest BCUT2D eigenvalue weighted by atomic mass is 10.0. The van der Waals surface area contributed by atoms with Gasteiger partial charge in [0.05, 0.1) is 32.6 Å². The van der Waals surface area contributed by atoms with Crippen LogP contribution in [0.4, 0.5) is 5.82 Å². The Labute approximate surface area is 200 Å². The molecule has 1 aromatic heterocycles. The Morgan fingerprint density at radius 2 is 1.79 bits per heavy atom. The molecule has 2 aromatic carbocycles. The fourth-order valence-electron chi connectivity index (χ4n) is 4.74. The summed E-state index contributed by atoms with van der Waals surface area (Å²) in [6.07, 6.45) is 1.31. The molecule has 34 heavy (non-hydrogen) atoms. The van der Waals surface area contributed by atoms with Gasteiger partial charge in [-0.1, -0.05) is 36.4 Å². The highest BCUT2D eigenvalue weighted by Crippen LogP contribution is 2.30. The average Bonchev–Trinajstić information content (AvgIpc) is 2.88. The number of methoxy groups -OCH3 is 1. The summed E-state index contributed by atoms with van der Waals surface area (Å²) in [7, 11) is 1.69. The molecule has 0 atom stereocenters. The second-order valence-corrected chi connectivity index (χ2v) is 8.77. The smallest absolute Gasteiger partial charge is 0.254 e. The molecule has 1 saturated heterocycles. The highest BCUT2D eigenvalue weighted by Gasteiger charge is 2.29. The third kappa shape index (κ3) is 4.48.